The minimum Gasteiger partial charge on any atom is -0.308 e. The van der Waals surface area contributed by atoms with E-state index in [0.29, 0.717) is 17.5 Å². The second-order valence-corrected chi connectivity index (χ2v) is 12.3. The van der Waals surface area contributed by atoms with Crippen molar-refractivity contribution < 1.29 is 0 Å². The first-order chi connectivity index (χ1) is 22.2. The summed E-state index contributed by atoms with van der Waals surface area (Å²) in [5.74, 6) is 2.01. The molecule has 0 atom stereocenters. The number of hydrogen-bond donors (Lipinski definition) is 0. The molecule has 0 aliphatic rings. The van der Waals surface area contributed by atoms with Crippen LogP contribution in [-0.2, 0) is 0 Å². The van der Waals surface area contributed by atoms with Crippen LogP contribution in [0.15, 0.2) is 140 Å². The highest BCUT2D eigenvalue weighted by atomic mass is 32.1. The van der Waals surface area contributed by atoms with E-state index in [-0.39, 0.29) is 0 Å². The summed E-state index contributed by atoms with van der Waals surface area (Å²) < 4.78 is 4.87. The number of fused-ring (bicyclic) bond motifs is 7. The number of benzene rings is 6. The van der Waals surface area contributed by atoms with E-state index in [0.717, 1.165) is 22.4 Å². The molecule has 9 aromatic rings. The fourth-order valence-electron chi connectivity index (χ4n) is 6.50. The lowest BCUT2D eigenvalue weighted by Gasteiger charge is -2.09. The maximum absolute atomic E-state index is 5.09. The van der Waals surface area contributed by atoms with Gasteiger partial charge in [0.15, 0.2) is 17.5 Å². The predicted octanol–water partition coefficient (Wildman–Crippen LogP) is 10.6. The zero-order valence-corrected chi connectivity index (χ0v) is 25.3. The number of thiophene rings is 1. The van der Waals surface area contributed by atoms with Crippen molar-refractivity contribution in [1.29, 1.82) is 0 Å². The maximum Gasteiger partial charge on any atom is 0.165 e. The Kier molecular flexibility index (Phi) is 5.86. The van der Waals surface area contributed by atoms with Crippen molar-refractivity contribution in [1.82, 2.24) is 19.5 Å². The number of rotatable bonds is 4. The average molecular weight is 595 g/mol. The first-order valence-corrected chi connectivity index (χ1v) is 15.9. The lowest BCUT2D eigenvalue weighted by atomic mass is 10.0. The standard InChI is InChI=1S/C40H26N4S/c1-25-21-22-32(40-42-38(26-13-5-2-6-14-26)41-39(43-40)27-15-7-3-8-16-27)36-34(25)31-24-23-30-29-19-11-12-20-33(29)44(35(30)37(31)45-36)28-17-9-4-10-18-28/h2-24H,1H3. The van der Waals surface area contributed by atoms with Gasteiger partial charge in [-0.25, -0.2) is 15.0 Å². The van der Waals surface area contributed by atoms with Crippen molar-refractivity contribution in [3.8, 4) is 39.9 Å². The van der Waals surface area contributed by atoms with Crippen LogP contribution in [0.3, 0.4) is 0 Å². The third kappa shape index (κ3) is 4.09. The highest BCUT2D eigenvalue weighted by molar-refractivity contribution is 7.27. The molecule has 3 heterocycles. The number of nitrogens with zero attached hydrogens (tertiary/aromatic N) is 4. The highest BCUT2D eigenvalue weighted by Gasteiger charge is 2.21. The molecule has 5 heteroatoms. The summed E-state index contributed by atoms with van der Waals surface area (Å²) in [5.41, 5.74) is 7.78. The number of aryl methyl sites for hydroxylation is 1. The van der Waals surface area contributed by atoms with E-state index in [4.69, 9.17) is 15.0 Å². The maximum atomic E-state index is 5.09. The number of para-hydroxylation sites is 2. The van der Waals surface area contributed by atoms with E-state index in [2.05, 4.69) is 115 Å². The van der Waals surface area contributed by atoms with Gasteiger partial charge in [0.25, 0.3) is 0 Å². The quantitative estimate of drug-likeness (QED) is 0.204. The molecule has 0 saturated carbocycles. The summed E-state index contributed by atoms with van der Waals surface area (Å²) in [4.78, 5) is 15.1. The van der Waals surface area contributed by atoms with Crippen molar-refractivity contribution in [3.05, 3.63) is 145 Å². The monoisotopic (exact) mass is 594 g/mol. The summed E-state index contributed by atoms with van der Waals surface area (Å²) in [5, 5.41) is 5.01. The molecule has 0 aliphatic carbocycles. The van der Waals surface area contributed by atoms with Gasteiger partial charge in [-0.2, -0.15) is 0 Å². The minimum atomic E-state index is 0.667. The third-order valence-electron chi connectivity index (χ3n) is 8.58. The fraction of sp³-hybridized carbons (Fsp3) is 0.0250. The fourth-order valence-corrected chi connectivity index (χ4v) is 7.93. The molecule has 0 radical (unpaired) electrons. The van der Waals surface area contributed by atoms with Gasteiger partial charge in [-0.05, 0) is 36.8 Å². The Morgan fingerprint density at radius 2 is 1.07 bits per heavy atom. The molecule has 3 aromatic heterocycles. The van der Waals surface area contributed by atoms with Gasteiger partial charge < -0.3 is 4.57 Å². The van der Waals surface area contributed by atoms with Crippen LogP contribution in [0, 0.1) is 6.92 Å². The van der Waals surface area contributed by atoms with Crippen molar-refractivity contribution >= 4 is 53.3 Å². The molecule has 212 valence electrons. The first kappa shape index (κ1) is 25.8. The Labute approximate surface area is 263 Å². The van der Waals surface area contributed by atoms with Gasteiger partial charge in [-0.15, -0.1) is 11.3 Å². The van der Waals surface area contributed by atoms with Crippen molar-refractivity contribution in [3.63, 3.8) is 0 Å². The van der Waals surface area contributed by atoms with Crippen LogP contribution >= 0.6 is 11.3 Å². The molecular formula is C40H26N4S. The van der Waals surface area contributed by atoms with Crippen LogP contribution < -0.4 is 0 Å². The molecule has 0 bridgehead atoms. The molecule has 6 aromatic carbocycles. The Balaban J connectivity index is 1.37. The number of aromatic nitrogens is 4. The lowest BCUT2D eigenvalue weighted by Crippen LogP contribution is -2.00. The van der Waals surface area contributed by atoms with E-state index in [9.17, 15) is 0 Å². The summed E-state index contributed by atoms with van der Waals surface area (Å²) in [6.45, 7) is 2.20. The zero-order chi connectivity index (χ0) is 29.9. The molecule has 0 fully saturated rings. The van der Waals surface area contributed by atoms with Gasteiger partial charge in [0.2, 0.25) is 0 Å². The molecule has 0 unspecified atom stereocenters. The molecule has 0 saturated heterocycles. The summed E-state index contributed by atoms with van der Waals surface area (Å²) in [6, 6.07) is 48.7. The van der Waals surface area contributed by atoms with Crippen LogP contribution in [0.25, 0.3) is 81.8 Å². The molecule has 0 spiro atoms. The minimum absolute atomic E-state index is 0.667. The van der Waals surface area contributed by atoms with Crippen molar-refractivity contribution in [2.75, 3.05) is 0 Å². The van der Waals surface area contributed by atoms with Crippen LogP contribution in [0.1, 0.15) is 5.56 Å². The summed E-state index contributed by atoms with van der Waals surface area (Å²) in [7, 11) is 0. The molecule has 0 N–H and O–H groups in total. The van der Waals surface area contributed by atoms with E-state index in [1.165, 1.54) is 47.5 Å². The second kappa shape index (κ2) is 10.2. The van der Waals surface area contributed by atoms with Gasteiger partial charge in [0, 0.05) is 48.6 Å². The highest BCUT2D eigenvalue weighted by Crippen LogP contribution is 2.46. The first-order valence-electron chi connectivity index (χ1n) is 15.1. The van der Waals surface area contributed by atoms with Crippen LogP contribution in [0.4, 0.5) is 0 Å². The van der Waals surface area contributed by atoms with E-state index in [1.807, 2.05) is 47.7 Å². The third-order valence-corrected chi connectivity index (χ3v) is 9.83. The van der Waals surface area contributed by atoms with Gasteiger partial charge >= 0.3 is 0 Å². The van der Waals surface area contributed by atoms with Crippen LogP contribution in [0.2, 0.25) is 0 Å². The van der Waals surface area contributed by atoms with Gasteiger partial charge in [-0.3, -0.25) is 0 Å². The molecule has 0 amide bonds. The van der Waals surface area contributed by atoms with Crippen LogP contribution in [0.5, 0.6) is 0 Å². The van der Waals surface area contributed by atoms with E-state index >= 15 is 0 Å². The molecular weight excluding hydrogens is 569 g/mol. The second-order valence-electron chi connectivity index (χ2n) is 11.3. The Hall–Kier alpha value is -5.65. The van der Waals surface area contributed by atoms with Gasteiger partial charge in [0.1, 0.15) is 0 Å². The Morgan fingerprint density at radius 1 is 0.489 bits per heavy atom. The molecule has 45 heavy (non-hydrogen) atoms. The predicted molar refractivity (Wildman–Crippen MR) is 188 cm³/mol. The number of hydrogen-bond acceptors (Lipinski definition) is 4. The largest absolute Gasteiger partial charge is 0.308 e. The van der Waals surface area contributed by atoms with Crippen LogP contribution in [-0.4, -0.2) is 19.5 Å². The van der Waals surface area contributed by atoms with Crippen molar-refractivity contribution in [2.24, 2.45) is 0 Å². The topological polar surface area (TPSA) is 43.6 Å². The molecule has 9 rings (SSSR count). The molecule has 0 aliphatic heterocycles. The average Bonchev–Trinajstić information content (AvgIpc) is 3.67. The summed E-state index contributed by atoms with van der Waals surface area (Å²) >= 11 is 1.83. The van der Waals surface area contributed by atoms with Gasteiger partial charge in [0.05, 0.1) is 15.7 Å². The van der Waals surface area contributed by atoms with E-state index in [1.54, 1.807) is 0 Å². The molecule has 4 nitrogen and oxygen atoms in total. The smallest absolute Gasteiger partial charge is 0.165 e. The Bertz CT molecular complexity index is 2470. The summed E-state index contributed by atoms with van der Waals surface area (Å²) in [6.07, 6.45) is 0. The SMILES string of the molecule is Cc1ccc(-c2nc(-c3ccccc3)nc(-c3ccccc3)n2)c2sc3c(ccc4c5ccccc5n(-c5ccccc5)c43)c12. The van der Waals surface area contributed by atoms with E-state index < -0.39 is 0 Å². The normalized spacial score (nSPS) is 11.7. The lowest BCUT2D eigenvalue weighted by molar-refractivity contribution is 1.08. The Morgan fingerprint density at radius 3 is 1.76 bits per heavy atom. The van der Waals surface area contributed by atoms with Gasteiger partial charge in [-0.1, -0.05) is 115 Å². The zero-order valence-electron chi connectivity index (χ0n) is 24.5. The van der Waals surface area contributed by atoms with Crippen molar-refractivity contribution in [2.45, 2.75) is 6.92 Å².